The van der Waals surface area contributed by atoms with Crippen LogP contribution in [-0.2, 0) is 9.53 Å². The molecule has 0 aliphatic carbocycles. The summed E-state index contributed by atoms with van der Waals surface area (Å²) in [5.74, 6) is 0.381. The van der Waals surface area contributed by atoms with Crippen LogP contribution >= 0.6 is 11.6 Å². The smallest absolute Gasteiger partial charge is 0.363 e. The second-order valence-electron chi connectivity index (χ2n) is 7.10. The van der Waals surface area contributed by atoms with Crippen LogP contribution in [0.25, 0.3) is 6.08 Å². The average Bonchev–Trinajstić information content (AvgIpc) is 3.21. The average molecular weight is 478 g/mol. The molecule has 0 N–H and O–H groups in total. The topological polar surface area (TPSA) is 83.4 Å². The molecule has 0 bridgehead atoms. The van der Waals surface area contributed by atoms with E-state index in [1.54, 1.807) is 79.9 Å². The van der Waals surface area contributed by atoms with Gasteiger partial charge in [0.15, 0.2) is 17.2 Å². The van der Waals surface area contributed by atoms with Crippen molar-refractivity contribution in [1.29, 1.82) is 0 Å². The Morgan fingerprint density at radius 2 is 1.76 bits per heavy atom. The Morgan fingerprint density at radius 3 is 2.44 bits per heavy atom. The molecule has 0 fully saturated rings. The van der Waals surface area contributed by atoms with Crippen molar-refractivity contribution in [3.8, 4) is 17.2 Å². The fourth-order valence-corrected chi connectivity index (χ4v) is 3.26. The van der Waals surface area contributed by atoms with Crippen molar-refractivity contribution in [3.05, 3.63) is 94.1 Å². The number of cyclic esters (lactones) is 1. The third-order valence-corrected chi connectivity index (χ3v) is 5.06. The van der Waals surface area contributed by atoms with Gasteiger partial charge < -0.3 is 18.9 Å². The molecule has 3 aromatic carbocycles. The van der Waals surface area contributed by atoms with Gasteiger partial charge in [-0.3, -0.25) is 0 Å². The van der Waals surface area contributed by atoms with E-state index in [4.69, 9.17) is 30.5 Å². The number of carbonyl (C=O) groups is 2. The van der Waals surface area contributed by atoms with E-state index >= 15 is 0 Å². The molecule has 34 heavy (non-hydrogen) atoms. The van der Waals surface area contributed by atoms with E-state index < -0.39 is 11.9 Å². The predicted molar refractivity (Wildman–Crippen MR) is 128 cm³/mol. The lowest BCUT2D eigenvalue weighted by atomic mass is 10.1. The highest BCUT2D eigenvalue weighted by Crippen LogP contribution is 2.31. The summed E-state index contributed by atoms with van der Waals surface area (Å²) in [6.07, 6.45) is 1.58. The van der Waals surface area contributed by atoms with E-state index in [2.05, 4.69) is 4.99 Å². The molecule has 1 aliphatic heterocycles. The van der Waals surface area contributed by atoms with Gasteiger partial charge in [0.05, 0.1) is 19.3 Å². The van der Waals surface area contributed by atoms with Crippen molar-refractivity contribution >= 4 is 35.5 Å². The lowest BCUT2D eigenvalue weighted by molar-refractivity contribution is -0.129. The van der Waals surface area contributed by atoms with Gasteiger partial charge in [-0.2, -0.15) is 0 Å². The van der Waals surface area contributed by atoms with Crippen LogP contribution in [-0.4, -0.2) is 31.6 Å². The highest BCUT2D eigenvalue weighted by Gasteiger charge is 2.24. The summed E-state index contributed by atoms with van der Waals surface area (Å²) in [6.45, 7) is 2.17. The van der Waals surface area contributed by atoms with Crippen LogP contribution in [0.15, 0.2) is 77.4 Å². The molecule has 4 rings (SSSR count). The van der Waals surface area contributed by atoms with Crippen LogP contribution in [0.5, 0.6) is 17.2 Å². The van der Waals surface area contributed by atoms with Gasteiger partial charge >= 0.3 is 11.9 Å². The molecule has 1 heterocycles. The van der Waals surface area contributed by atoms with Gasteiger partial charge in [0.25, 0.3) is 0 Å². The van der Waals surface area contributed by atoms with Crippen LogP contribution < -0.4 is 14.2 Å². The number of carbonyl (C=O) groups excluding carboxylic acids is 2. The second-order valence-corrected chi connectivity index (χ2v) is 7.54. The van der Waals surface area contributed by atoms with E-state index in [1.807, 2.05) is 6.92 Å². The Labute approximate surface area is 201 Å². The second kappa shape index (κ2) is 10.2. The first-order valence-electron chi connectivity index (χ1n) is 10.4. The van der Waals surface area contributed by atoms with Gasteiger partial charge in [-0.05, 0) is 79.2 Å². The van der Waals surface area contributed by atoms with Crippen LogP contribution in [0.1, 0.15) is 28.4 Å². The normalized spacial score (nSPS) is 13.9. The minimum Gasteiger partial charge on any atom is -0.497 e. The third-order valence-electron chi connectivity index (χ3n) is 4.81. The molecule has 1 aliphatic rings. The Kier molecular flexibility index (Phi) is 6.94. The summed E-state index contributed by atoms with van der Waals surface area (Å²) in [7, 11) is 1.57. The first kappa shape index (κ1) is 23.1. The highest BCUT2D eigenvalue weighted by molar-refractivity contribution is 6.30. The van der Waals surface area contributed by atoms with Gasteiger partial charge in [-0.1, -0.05) is 17.7 Å². The maximum Gasteiger partial charge on any atom is 0.363 e. The Morgan fingerprint density at radius 1 is 1.03 bits per heavy atom. The number of methoxy groups -OCH3 is 1. The molecular formula is C26H20ClNO6. The highest BCUT2D eigenvalue weighted by atomic mass is 35.5. The number of hydrogen-bond donors (Lipinski definition) is 0. The van der Waals surface area contributed by atoms with Crippen molar-refractivity contribution in [3.63, 3.8) is 0 Å². The molecule has 172 valence electrons. The molecular weight excluding hydrogens is 458 g/mol. The molecule has 0 spiro atoms. The Balaban J connectivity index is 1.57. The first-order valence-corrected chi connectivity index (χ1v) is 10.8. The van der Waals surface area contributed by atoms with Crippen molar-refractivity contribution in [1.82, 2.24) is 0 Å². The molecule has 0 atom stereocenters. The van der Waals surface area contributed by atoms with Crippen LogP contribution in [0.4, 0.5) is 0 Å². The summed E-state index contributed by atoms with van der Waals surface area (Å²) < 4.78 is 21.6. The fourth-order valence-electron chi connectivity index (χ4n) is 3.14. The number of rotatable bonds is 7. The molecule has 0 unspecified atom stereocenters. The van der Waals surface area contributed by atoms with Gasteiger partial charge in [-0.15, -0.1) is 0 Å². The minimum absolute atomic E-state index is 0.138. The van der Waals surface area contributed by atoms with Gasteiger partial charge in [0.1, 0.15) is 5.75 Å². The number of ether oxygens (including phenoxy) is 4. The van der Waals surface area contributed by atoms with Crippen molar-refractivity contribution < 1.29 is 28.5 Å². The quantitative estimate of drug-likeness (QED) is 0.260. The van der Waals surface area contributed by atoms with E-state index in [1.165, 1.54) is 0 Å². The van der Waals surface area contributed by atoms with E-state index in [0.29, 0.717) is 39.8 Å². The summed E-state index contributed by atoms with van der Waals surface area (Å²) in [4.78, 5) is 29.1. The summed E-state index contributed by atoms with van der Waals surface area (Å²) in [6, 6.07) is 18.3. The molecule has 3 aromatic rings. The maximum atomic E-state index is 12.5. The van der Waals surface area contributed by atoms with Crippen LogP contribution in [0, 0.1) is 0 Å². The number of esters is 2. The summed E-state index contributed by atoms with van der Waals surface area (Å²) in [5.41, 5.74) is 1.77. The lowest BCUT2D eigenvalue weighted by Crippen LogP contribution is -2.09. The zero-order valence-corrected chi connectivity index (χ0v) is 19.2. The van der Waals surface area contributed by atoms with E-state index in [-0.39, 0.29) is 17.3 Å². The molecule has 0 saturated carbocycles. The fraction of sp³-hybridized carbons (Fsp3) is 0.115. The number of nitrogens with zero attached hydrogens (tertiary/aromatic N) is 1. The molecule has 0 radical (unpaired) electrons. The number of benzene rings is 3. The number of aliphatic imine (C=N–C) groups is 1. The predicted octanol–water partition coefficient (Wildman–Crippen LogP) is 5.31. The van der Waals surface area contributed by atoms with Crippen molar-refractivity contribution in [2.24, 2.45) is 4.99 Å². The lowest BCUT2D eigenvalue weighted by Gasteiger charge is -2.11. The van der Waals surface area contributed by atoms with Gasteiger partial charge in [0.2, 0.25) is 5.90 Å². The maximum absolute atomic E-state index is 12.5. The zero-order chi connectivity index (χ0) is 24.1. The first-order chi connectivity index (χ1) is 16.5. The Bertz CT molecular complexity index is 1280. The van der Waals surface area contributed by atoms with Crippen molar-refractivity contribution in [2.45, 2.75) is 6.92 Å². The van der Waals surface area contributed by atoms with Gasteiger partial charge in [0, 0.05) is 10.6 Å². The zero-order valence-electron chi connectivity index (χ0n) is 18.4. The van der Waals surface area contributed by atoms with Crippen LogP contribution in [0.2, 0.25) is 5.02 Å². The van der Waals surface area contributed by atoms with Crippen LogP contribution in [0.3, 0.4) is 0 Å². The largest absolute Gasteiger partial charge is 0.497 e. The SMILES string of the molecule is CCOc1cc(/C=C2/N=C(c3ccc(OC)cc3)OC2=O)ccc1OC(=O)c1ccc(Cl)cc1. The molecule has 0 saturated heterocycles. The molecule has 0 amide bonds. The van der Waals surface area contributed by atoms with E-state index in [9.17, 15) is 9.59 Å². The summed E-state index contributed by atoms with van der Waals surface area (Å²) in [5, 5.41) is 0.521. The van der Waals surface area contributed by atoms with Crippen molar-refractivity contribution in [2.75, 3.05) is 13.7 Å². The monoisotopic (exact) mass is 477 g/mol. The standard InChI is InChI=1S/C26H20ClNO6/c1-3-32-23-15-16(4-13-22(23)33-25(29)18-5-9-19(27)10-6-18)14-21-26(30)34-24(28-21)17-7-11-20(31-2)12-8-17/h4-15H,3H2,1-2H3/b21-14+. The number of halogens is 1. The minimum atomic E-state index is -0.568. The molecule has 7 nitrogen and oxygen atoms in total. The summed E-state index contributed by atoms with van der Waals surface area (Å²) >= 11 is 5.87. The third kappa shape index (κ3) is 5.27. The number of hydrogen-bond acceptors (Lipinski definition) is 7. The van der Waals surface area contributed by atoms with Gasteiger partial charge in [-0.25, -0.2) is 14.6 Å². The molecule has 8 heteroatoms. The Hall–Kier alpha value is -4.10. The molecule has 0 aromatic heterocycles. The van der Waals surface area contributed by atoms with E-state index in [0.717, 1.165) is 0 Å².